The van der Waals surface area contributed by atoms with Crippen molar-refractivity contribution < 1.29 is 39.8 Å². The maximum atomic E-state index is 13.0. The summed E-state index contributed by atoms with van der Waals surface area (Å²) in [4.78, 5) is 13.0. The van der Waals surface area contributed by atoms with E-state index in [1.54, 1.807) is 0 Å². The van der Waals surface area contributed by atoms with E-state index in [-0.39, 0.29) is 12.5 Å². The van der Waals surface area contributed by atoms with Crippen LogP contribution in [0.15, 0.2) is 24.3 Å². The Morgan fingerprint density at radius 2 is 0.908 bits per heavy atom. The number of aliphatic hydroxyl groups is 5. The molecule has 1 fully saturated rings. The van der Waals surface area contributed by atoms with Gasteiger partial charge in [0.05, 0.1) is 25.4 Å². The number of amides is 1. The van der Waals surface area contributed by atoms with Crippen LogP contribution in [0.1, 0.15) is 271 Å². The number of hydrogen-bond acceptors (Lipinski definition) is 8. The first kappa shape index (κ1) is 61.7. The fraction of sp³-hybridized carbons (Fsp3) is 0.911. The number of carbonyl (C=O) groups is 1. The smallest absolute Gasteiger partial charge is 0.220 e. The van der Waals surface area contributed by atoms with E-state index in [4.69, 9.17) is 9.47 Å². The Kier molecular flexibility index (Phi) is 44.0. The lowest BCUT2D eigenvalue weighted by molar-refractivity contribution is -0.302. The van der Waals surface area contributed by atoms with E-state index >= 15 is 0 Å². The highest BCUT2D eigenvalue weighted by molar-refractivity contribution is 5.76. The number of rotatable bonds is 48. The van der Waals surface area contributed by atoms with Crippen molar-refractivity contribution in [3.05, 3.63) is 24.3 Å². The van der Waals surface area contributed by atoms with Crippen LogP contribution < -0.4 is 5.32 Å². The average molecular weight is 922 g/mol. The first-order valence-electron chi connectivity index (χ1n) is 28.0. The fourth-order valence-corrected chi connectivity index (χ4v) is 9.08. The second-order valence-electron chi connectivity index (χ2n) is 19.7. The molecule has 1 aliphatic heterocycles. The molecule has 65 heavy (non-hydrogen) atoms. The molecule has 0 spiro atoms. The highest BCUT2D eigenvalue weighted by Gasteiger charge is 2.44. The number of ether oxygens (including phenoxy) is 2. The zero-order chi connectivity index (χ0) is 47.3. The van der Waals surface area contributed by atoms with Gasteiger partial charge < -0.3 is 40.3 Å². The van der Waals surface area contributed by atoms with Crippen LogP contribution in [0.5, 0.6) is 0 Å². The summed E-state index contributed by atoms with van der Waals surface area (Å²) in [5.74, 6) is -0.143. The number of nitrogens with one attached hydrogen (secondary N) is 1. The molecule has 0 aromatic heterocycles. The minimum Gasteiger partial charge on any atom is -0.394 e. The summed E-state index contributed by atoms with van der Waals surface area (Å²) >= 11 is 0. The topological polar surface area (TPSA) is 149 Å². The van der Waals surface area contributed by atoms with Crippen molar-refractivity contribution in [3.8, 4) is 0 Å². The van der Waals surface area contributed by atoms with Crippen molar-refractivity contribution in [2.45, 2.75) is 314 Å². The average Bonchev–Trinajstić information content (AvgIpc) is 3.31. The van der Waals surface area contributed by atoms with Gasteiger partial charge in [0.1, 0.15) is 24.4 Å². The van der Waals surface area contributed by atoms with Crippen LogP contribution >= 0.6 is 0 Å². The van der Waals surface area contributed by atoms with Crippen molar-refractivity contribution in [3.63, 3.8) is 0 Å². The molecule has 0 aromatic rings. The van der Waals surface area contributed by atoms with Gasteiger partial charge in [-0.3, -0.25) is 4.79 Å². The molecule has 1 rings (SSSR count). The molecule has 0 aliphatic carbocycles. The second kappa shape index (κ2) is 46.4. The standard InChI is InChI=1S/C56H107NO8/c1-3-5-7-9-11-13-15-16-17-18-19-20-21-22-23-24-25-26-27-28-29-30-31-32-33-34-36-38-40-42-44-46-52(60)57-49(48-64-56-55(63)54(62)53(61)51(47-58)65-56)50(59)45-43-41-39-37-35-14-12-10-8-6-4-2/h19-20,22-23,49-51,53-56,58-59,61-63H,3-18,21,24-48H2,1-2H3,(H,57,60)/b20-19-,23-22-. The molecule has 1 heterocycles. The van der Waals surface area contributed by atoms with Gasteiger partial charge in [-0.05, 0) is 44.9 Å². The third kappa shape index (κ3) is 36.3. The molecule has 0 aromatic carbocycles. The molecular weight excluding hydrogens is 815 g/mol. The van der Waals surface area contributed by atoms with E-state index in [9.17, 15) is 30.3 Å². The van der Waals surface area contributed by atoms with Crippen molar-refractivity contribution >= 4 is 5.91 Å². The molecule has 7 atom stereocenters. The van der Waals surface area contributed by atoms with Crippen molar-refractivity contribution in [1.82, 2.24) is 5.32 Å². The zero-order valence-corrected chi connectivity index (χ0v) is 42.5. The fourth-order valence-electron chi connectivity index (χ4n) is 9.08. The Balaban J connectivity index is 2.11. The molecule has 9 nitrogen and oxygen atoms in total. The van der Waals surface area contributed by atoms with Crippen LogP contribution in [-0.2, 0) is 14.3 Å². The third-order valence-electron chi connectivity index (χ3n) is 13.6. The normalized spacial score (nSPS) is 20.0. The maximum absolute atomic E-state index is 13.0. The molecule has 1 saturated heterocycles. The van der Waals surface area contributed by atoms with E-state index in [1.165, 1.54) is 199 Å². The summed E-state index contributed by atoms with van der Waals surface area (Å²) in [5, 5.41) is 54.4. The van der Waals surface area contributed by atoms with Gasteiger partial charge in [-0.15, -0.1) is 0 Å². The zero-order valence-electron chi connectivity index (χ0n) is 42.5. The first-order valence-corrected chi connectivity index (χ1v) is 28.0. The van der Waals surface area contributed by atoms with Gasteiger partial charge in [-0.2, -0.15) is 0 Å². The van der Waals surface area contributed by atoms with Crippen LogP contribution in [0.2, 0.25) is 0 Å². The summed E-state index contributed by atoms with van der Waals surface area (Å²) in [7, 11) is 0. The van der Waals surface area contributed by atoms with E-state index in [1.807, 2.05) is 0 Å². The van der Waals surface area contributed by atoms with Gasteiger partial charge in [0.25, 0.3) is 0 Å². The highest BCUT2D eigenvalue weighted by Crippen LogP contribution is 2.23. The number of hydrogen-bond donors (Lipinski definition) is 6. The first-order chi connectivity index (χ1) is 31.8. The van der Waals surface area contributed by atoms with Crippen LogP contribution in [-0.4, -0.2) is 87.5 Å². The number of allylic oxidation sites excluding steroid dienone is 4. The Bertz CT molecular complexity index is 1070. The predicted molar refractivity (Wildman–Crippen MR) is 272 cm³/mol. The number of aliphatic hydroxyl groups excluding tert-OH is 5. The number of unbranched alkanes of at least 4 members (excludes halogenated alkanes) is 34. The Hall–Kier alpha value is -1.33. The Morgan fingerprint density at radius 3 is 1.32 bits per heavy atom. The van der Waals surface area contributed by atoms with Gasteiger partial charge in [0, 0.05) is 6.42 Å². The van der Waals surface area contributed by atoms with Crippen LogP contribution in [0.4, 0.5) is 0 Å². The van der Waals surface area contributed by atoms with Crippen molar-refractivity contribution in [2.75, 3.05) is 13.2 Å². The molecule has 1 aliphatic rings. The molecule has 7 unspecified atom stereocenters. The van der Waals surface area contributed by atoms with Gasteiger partial charge >= 0.3 is 0 Å². The maximum Gasteiger partial charge on any atom is 0.220 e. The summed E-state index contributed by atoms with van der Waals surface area (Å²) in [6, 6.07) is -0.715. The SMILES string of the molecule is CCCCCCCCCCC/C=C\C/C=C\CCCCCCCCCCCCCCCCCC(=O)NC(COC1OC(CO)C(O)C(O)C1O)C(O)CCCCCCCCCCCCC. The summed E-state index contributed by atoms with van der Waals surface area (Å²) < 4.78 is 11.3. The van der Waals surface area contributed by atoms with Crippen molar-refractivity contribution in [2.24, 2.45) is 0 Å². The molecule has 1 amide bonds. The van der Waals surface area contributed by atoms with Gasteiger partial charge in [-0.25, -0.2) is 0 Å². The van der Waals surface area contributed by atoms with Crippen LogP contribution in [0, 0.1) is 0 Å². The summed E-state index contributed by atoms with van der Waals surface area (Å²) in [5.41, 5.74) is 0. The van der Waals surface area contributed by atoms with Gasteiger partial charge in [0.15, 0.2) is 6.29 Å². The van der Waals surface area contributed by atoms with Crippen LogP contribution in [0.3, 0.4) is 0 Å². The van der Waals surface area contributed by atoms with Crippen molar-refractivity contribution in [1.29, 1.82) is 0 Å². The highest BCUT2D eigenvalue weighted by atomic mass is 16.7. The summed E-state index contributed by atoms with van der Waals surface area (Å²) in [6.07, 6.45) is 50.8. The van der Waals surface area contributed by atoms with E-state index in [0.717, 1.165) is 44.9 Å². The van der Waals surface area contributed by atoms with Gasteiger partial charge in [-0.1, -0.05) is 244 Å². The lowest BCUT2D eigenvalue weighted by Gasteiger charge is -2.40. The minimum atomic E-state index is -1.55. The molecule has 9 heteroatoms. The monoisotopic (exact) mass is 922 g/mol. The summed E-state index contributed by atoms with van der Waals surface area (Å²) in [6.45, 7) is 3.84. The molecule has 0 bridgehead atoms. The minimum absolute atomic E-state index is 0.135. The molecule has 0 radical (unpaired) electrons. The third-order valence-corrected chi connectivity index (χ3v) is 13.6. The largest absolute Gasteiger partial charge is 0.394 e. The Morgan fingerprint density at radius 1 is 0.523 bits per heavy atom. The lowest BCUT2D eigenvalue weighted by Crippen LogP contribution is -2.60. The van der Waals surface area contributed by atoms with Crippen LogP contribution in [0.25, 0.3) is 0 Å². The number of carbonyl (C=O) groups excluding carboxylic acids is 1. The Labute approximate surface area is 400 Å². The molecule has 6 N–H and O–H groups in total. The van der Waals surface area contributed by atoms with E-state index in [2.05, 4.69) is 43.5 Å². The lowest BCUT2D eigenvalue weighted by atomic mass is 9.99. The van der Waals surface area contributed by atoms with E-state index in [0.29, 0.717) is 12.8 Å². The molecule has 384 valence electrons. The van der Waals surface area contributed by atoms with E-state index < -0.39 is 49.5 Å². The quantitative estimate of drug-likeness (QED) is 0.0261. The molecular formula is C56H107NO8. The van der Waals surface area contributed by atoms with Gasteiger partial charge in [0.2, 0.25) is 5.91 Å². The molecule has 0 saturated carbocycles. The predicted octanol–water partition coefficient (Wildman–Crippen LogP) is 13.4. The second-order valence-corrected chi connectivity index (χ2v) is 19.7.